The van der Waals surface area contributed by atoms with Crippen LogP contribution in [0.15, 0.2) is 62.3 Å². The number of carbonyl (C=O) groups is 2. The lowest BCUT2D eigenvalue weighted by Gasteiger charge is -2.20. The number of rotatable bonds is 6. The Morgan fingerprint density at radius 3 is 2.66 bits per heavy atom. The van der Waals surface area contributed by atoms with Gasteiger partial charge in [0.1, 0.15) is 16.7 Å². The summed E-state index contributed by atoms with van der Waals surface area (Å²) in [5, 5.41) is 15.9. The molecule has 5 aromatic rings. The second-order valence-electron chi connectivity index (χ2n) is 9.41. The van der Waals surface area contributed by atoms with Crippen molar-refractivity contribution in [3.63, 3.8) is 0 Å². The molecule has 0 saturated heterocycles. The first-order chi connectivity index (χ1) is 18.1. The minimum Gasteiger partial charge on any atom is -0.456 e. The van der Waals surface area contributed by atoms with Gasteiger partial charge in [-0.2, -0.15) is 0 Å². The number of fused-ring (bicyclic) bond motifs is 2. The Balaban J connectivity index is 1.51. The van der Waals surface area contributed by atoms with Gasteiger partial charge in [-0.25, -0.2) is 4.79 Å². The SMILES string of the molecule is CSc1nnc(NC(=O)c2onc3ccc(Cn4cc(C(=O)OC(C)(C)C)c(=O)c5ccccc54)cc23)s1. The van der Waals surface area contributed by atoms with Crippen LogP contribution in [-0.4, -0.2) is 43.7 Å². The van der Waals surface area contributed by atoms with Crippen LogP contribution in [0.25, 0.3) is 21.8 Å². The van der Waals surface area contributed by atoms with Crippen molar-refractivity contribution in [1.29, 1.82) is 0 Å². The van der Waals surface area contributed by atoms with Crippen LogP contribution < -0.4 is 10.7 Å². The zero-order valence-electron chi connectivity index (χ0n) is 21.0. The molecule has 0 atom stereocenters. The Labute approximate surface area is 225 Å². The number of hydrogen-bond acceptors (Lipinski definition) is 10. The third kappa shape index (κ3) is 5.18. The van der Waals surface area contributed by atoms with Gasteiger partial charge in [0.05, 0.1) is 10.9 Å². The molecule has 2 aromatic carbocycles. The molecule has 38 heavy (non-hydrogen) atoms. The molecule has 5 rings (SSSR count). The summed E-state index contributed by atoms with van der Waals surface area (Å²) in [7, 11) is 0. The van der Waals surface area contributed by atoms with E-state index in [1.165, 1.54) is 29.3 Å². The summed E-state index contributed by atoms with van der Waals surface area (Å²) in [4.78, 5) is 38.8. The van der Waals surface area contributed by atoms with Crippen LogP contribution in [0.1, 0.15) is 47.2 Å². The minimum atomic E-state index is -0.748. The van der Waals surface area contributed by atoms with Gasteiger partial charge in [-0.15, -0.1) is 10.2 Å². The molecule has 3 aromatic heterocycles. The Morgan fingerprint density at radius 2 is 1.92 bits per heavy atom. The number of hydrogen-bond donors (Lipinski definition) is 1. The summed E-state index contributed by atoms with van der Waals surface area (Å²) >= 11 is 2.69. The summed E-state index contributed by atoms with van der Waals surface area (Å²) in [6.07, 6.45) is 3.39. The number of anilines is 1. The molecule has 0 aliphatic heterocycles. The molecule has 10 nitrogen and oxygen atoms in total. The number of carbonyl (C=O) groups excluding carboxylic acids is 2. The van der Waals surface area contributed by atoms with E-state index in [2.05, 4.69) is 20.7 Å². The van der Waals surface area contributed by atoms with Crippen molar-refractivity contribution in [3.05, 3.63) is 75.8 Å². The quantitative estimate of drug-likeness (QED) is 0.177. The zero-order valence-corrected chi connectivity index (χ0v) is 22.6. The van der Waals surface area contributed by atoms with E-state index >= 15 is 0 Å². The van der Waals surface area contributed by atoms with Gasteiger partial charge in [-0.3, -0.25) is 14.9 Å². The largest absolute Gasteiger partial charge is 0.456 e. The van der Waals surface area contributed by atoms with E-state index in [4.69, 9.17) is 9.26 Å². The Kier molecular flexibility index (Phi) is 6.76. The standard InChI is InChI=1S/C26H23N5O5S2/c1-26(2,3)35-23(34)17-13-31(19-8-6-5-7-15(19)20(17)32)12-14-9-10-18-16(11-14)21(36-30-18)22(33)27-24-28-29-25(37-4)38-24/h5-11,13H,12H2,1-4H3,(H,27,28,33). The maximum atomic E-state index is 13.1. The van der Waals surface area contributed by atoms with E-state index < -0.39 is 17.5 Å². The molecule has 0 radical (unpaired) electrons. The number of nitrogens with one attached hydrogen (secondary N) is 1. The van der Waals surface area contributed by atoms with E-state index in [1.54, 1.807) is 45.0 Å². The molecule has 0 unspecified atom stereocenters. The van der Waals surface area contributed by atoms with E-state index in [1.807, 2.05) is 29.0 Å². The third-order valence-electron chi connectivity index (χ3n) is 5.51. The van der Waals surface area contributed by atoms with Crippen molar-refractivity contribution in [2.75, 3.05) is 11.6 Å². The van der Waals surface area contributed by atoms with Crippen LogP contribution >= 0.6 is 23.1 Å². The lowest BCUT2D eigenvalue weighted by Crippen LogP contribution is -2.28. The highest BCUT2D eigenvalue weighted by molar-refractivity contribution is 8.00. The number of esters is 1. The van der Waals surface area contributed by atoms with Crippen molar-refractivity contribution in [2.45, 2.75) is 37.3 Å². The zero-order chi connectivity index (χ0) is 27.0. The number of pyridine rings is 1. The molecule has 0 aliphatic carbocycles. The smallest absolute Gasteiger partial charge is 0.344 e. The summed E-state index contributed by atoms with van der Waals surface area (Å²) in [5.74, 6) is -1.13. The number of ether oxygens (including phenoxy) is 1. The van der Waals surface area contributed by atoms with Gasteiger partial charge in [-0.1, -0.05) is 46.5 Å². The summed E-state index contributed by atoms with van der Waals surface area (Å²) < 4.78 is 13.4. The fourth-order valence-electron chi connectivity index (χ4n) is 3.90. The Bertz CT molecular complexity index is 1750. The lowest BCUT2D eigenvalue weighted by molar-refractivity contribution is 0.00673. The molecule has 194 valence electrons. The van der Waals surface area contributed by atoms with Gasteiger partial charge < -0.3 is 13.8 Å². The van der Waals surface area contributed by atoms with Crippen molar-refractivity contribution >= 4 is 61.9 Å². The number of benzene rings is 2. The number of para-hydroxylation sites is 1. The van der Waals surface area contributed by atoms with Crippen LogP contribution in [-0.2, 0) is 11.3 Å². The number of amides is 1. The highest BCUT2D eigenvalue weighted by atomic mass is 32.2. The van der Waals surface area contributed by atoms with E-state index in [0.29, 0.717) is 33.5 Å². The molecule has 3 heterocycles. The Hall–Kier alpha value is -4.03. The average Bonchev–Trinajstić information content (AvgIpc) is 3.51. The number of aromatic nitrogens is 4. The lowest BCUT2D eigenvalue weighted by atomic mass is 10.1. The van der Waals surface area contributed by atoms with Crippen molar-refractivity contribution in [3.8, 4) is 0 Å². The summed E-state index contributed by atoms with van der Waals surface area (Å²) in [6.45, 7) is 5.56. The summed E-state index contributed by atoms with van der Waals surface area (Å²) in [6, 6.07) is 12.5. The molecular weight excluding hydrogens is 526 g/mol. The van der Waals surface area contributed by atoms with Gasteiger partial charge in [0.15, 0.2) is 4.34 Å². The molecule has 0 bridgehead atoms. The number of thioether (sulfide) groups is 1. The molecular formula is C26H23N5O5S2. The van der Waals surface area contributed by atoms with E-state index in [9.17, 15) is 14.4 Å². The molecule has 1 N–H and O–H groups in total. The van der Waals surface area contributed by atoms with Gasteiger partial charge >= 0.3 is 5.97 Å². The average molecular weight is 550 g/mol. The fourth-order valence-corrected chi connectivity index (χ4v) is 5.06. The molecule has 0 aliphatic rings. The molecule has 1 amide bonds. The molecule has 0 saturated carbocycles. The van der Waals surface area contributed by atoms with Crippen LogP contribution in [0.5, 0.6) is 0 Å². The van der Waals surface area contributed by atoms with Gasteiger partial charge in [0.2, 0.25) is 16.3 Å². The third-order valence-corrected chi connectivity index (χ3v) is 7.32. The van der Waals surface area contributed by atoms with Gasteiger partial charge in [-0.05, 0) is 56.9 Å². The first-order valence-corrected chi connectivity index (χ1v) is 13.6. The van der Waals surface area contributed by atoms with Crippen LogP contribution in [0.2, 0.25) is 0 Å². The predicted molar refractivity (Wildman–Crippen MR) is 146 cm³/mol. The molecule has 0 spiro atoms. The van der Waals surface area contributed by atoms with E-state index in [0.717, 1.165) is 9.90 Å². The van der Waals surface area contributed by atoms with Crippen LogP contribution in [0.3, 0.4) is 0 Å². The topological polar surface area (TPSA) is 129 Å². The second kappa shape index (κ2) is 10.0. The Morgan fingerprint density at radius 1 is 1.13 bits per heavy atom. The van der Waals surface area contributed by atoms with E-state index in [-0.39, 0.29) is 16.8 Å². The van der Waals surface area contributed by atoms with Gasteiger partial charge in [0, 0.05) is 18.1 Å². The first kappa shape index (κ1) is 25.6. The highest BCUT2D eigenvalue weighted by Gasteiger charge is 2.23. The maximum absolute atomic E-state index is 13.1. The predicted octanol–water partition coefficient (Wildman–Crippen LogP) is 4.97. The maximum Gasteiger partial charge on any atom is 0.344 e. The minimum absolute atomic E-state index is 0.0435. The van der Waals surface area contributed by atoms with Crippen molar-refractivity contribution in [1.82, 2.24) is 19.9 Å². The van der Waals surface area contributed by atoms with Crippen molar-refractivity contribution < 1.29 is 18.8 Å². The van der Waals surface area contributed by atoms with Crippen molar-refractivity contribution in [2.24, 2.45) is 0 Å². The second-order valence-corrected chi connectivity index (χ2v) is 11.4. The monoisotopic (exact) mass is 549 g/mol. The van der Waals surface area contributed by atoms with Crippen LogP contribution in [0, 0.1) is 0 Å². The molecule has 12 heteroatoms. The summed E-state index contributed by atoms with van der Waals surface area (Å²) in [5.41, 5.74) is 0.794. The highest BCUT2D eigenvalue weighted by Crippen LogP contribution is 2.26. The van der Waals surface area contributed by atoms with Gasteiger partial charge in [0.25, 0.3) is 5.91 Å². The first-order valence-electron chi connectivity index (χ1n) is 11.6. The fraction of sp³-hybridized carbons (Fsp3) is 0.231. The van der Waals surface area contributed by atoms with Crippen LogP contribution in [0.4, 0.5) is 5.13 Å². The molecule has 0 fully saturated rings. The number of nitrogens with zero attached hydrogens (tertiary/aromatic N) is 4. The normalized spacial score (nSPS) is 11.7.